The lowest BCUT2D eigenvalue weighted by molar-refractivity contribution is -0.141. The molecule has 0 saturated carbocycles. The SMILES string of the molecule is C=Cc1cc(C=C)c(OCCO)c(C(Nc2ccc(C(=N)N)cc2)C(=O)OC)c1. The molecule has 0 aliphatic heterocycles. The number of aliphatic hydroxyl groups excluding tert-OH is 1. The van der Waals surface area contributed by atoms with Gasteiger partial charge in [-0.05, 0) is 42.0 Å². The summed E-state index contributed by atoms with van der Waals surface area (Å²) >= 11 is 0. The Morgan fingerprint density at radius 3 is 2.48 bits per heavy atom. The van der Waals surface area contributed by atoms with Gasteiger partial charge in [-0.1, -0.05) is 25.3 Å². The van der Waals surface area contributed by atoms with Crippen LogP contribution >= 0.6 is 0 Å². The Labute approximate surface area is 170 Å². The number of amidine groups is 1. The third-order valence-electron chi connectivity index (χ3n) is 4.22. The van der Waals surface area contributed by atoms with Gasteiger partial charge in [0.05, 0.1) is 13.7 Å². The average molecular weight is 395 g/mol. The first-order chi connectivity index (χ1) is 13.9. The number of nitrogens with one attached hydrogen (secondary N) is 2. The minimum Gasteiger partial charge on any atom is -0.490 e. The van der Waals surface area contributed by atoms with Crippen LogP contribution in [0, 0.1) is 5.41 Å². The summed E-state index contributed by atoms with van der Waals surface area (Å²) in [6.07, 6.45) is 3.27. The minimum absolute atomic E-state index is 0.0462. The number of hydrogen-bond donors (Lipinski definition) is 4. The highest BCUT2D eigenvalue weighted by Gasteiger charge is 2.27. The van der Waals surface area contributed by atoms with Gasteiger partial charge in [0, 0.05) is 22.4 Å². The van der Waals surface area contributed by atoms with Crippen molar-refractivity contribution in [3.63, 3.8) is 0 Å². The first-order valence-electron chi connectivity index (χ1n) is 8.90. The number of nitrogens with two attached hydrogens (primary N) is 1. The highest BCUT2D eigenvalue weighted by molar-refractivity contribution is 5.95. The molecule has 7 heteroatoms. The molecule has 0 fully saturated rings. The number of hydrogen-bond acceptors (Lipinski definition) is 6. The van der Waals surface area contributed by atoms with Crippen LogP contribution in [0.15, 0.2) is 49.6 Å². The molecule has 29 heavy (non-hydrogen) atoms. The average Bonchev–Trinajstić information content (AvgIpc) is 2.75. The standard InChI is InChI=1S/C22H25N3O4/c1-4-14-12-15(5-2)20(29-11-10-26)18(13-14)19(22(27)28-3)25-17-8-6-16(7-9-17)21(23)24/h4-9,12-13,19,25-26H,1-2,10-11H2,3H3,(H3,23,24). The zero-order valence-corrected chi connectivity index (χ0v) is 16.3. The van der Waals surface area contributed by atoms with E-state index in [0.717, 1.165) is 5.56 Å². The zero-order chi connectivity index (χ0) is 21.4. The van der Waals surface area contributed by atoms with Crippen molar-refractivity contribution >= 4 is 29.6 Å². The Bertz CT molecular complexity index is 907. The number of benzene rings is 2. The van der Waals surface area contributed by atoms with Crippen molar-refractivity contribution in [3.05, 3.63) is 71.8 Å². The van der Waals surface area contributed by atoms with Crippen molar-refractivity contribution < 1.29 is 19.4 Å². The number of carbonyl (C=O) groups excluding carboxylic acids is 1. The maximum absolute atomic E-state index is 12.6. The molecule has 2 rings (SSSR count). The van der Waals surface area contributed by atoms with Gasteiger partial charge in [0.2, 0.25) is 0 Å². The van der Waals surface area contributed by atoms with Gasteiger partial charge >= 0.3 is 5.97 Å². The van der Waals surface area contributed by atoms with Gasteiger partial charge in [-0.2, -0.15) is 0 Å². The number of ether oxygens (including phenoxy) is 2. The van der Waals surface area contributed by atoms with Crippen molar-refractivity contribution in [2.45, 2.75) is 6.04 Å². The Balaban J connectivity index is 2.55. The van der Waals surface area contributed by atoms with Gasteiger partial charge in [-0.25, -0.2) is 4.79 Å². The summed E-state index contributed by atoms with van der Waals surface area (Å²) in [6, 6.07) is 9.49. The monoisotopic (exact) mass is 395 g/mol. The van der Waals surface area contributed by atoms with Crippen LogP contribution in [0.3, 0.4) is 0 Å². The molecule has 0 amide bonds. The first kappa shape index (κ1) is 21.7. The van der Waals surface area contributed by atoms with Crippen LogP contribution in [0.2, 0.25) is 0 Å². The molecule has 0 aliphatic carbocycles. The Kier molecular flexibility index (Phi) is 7.56. The van der Waals surface area contributed by atoms with E-state index in [9.17, 15) is 9.90 Å². The number of carbonyl (C=O) groups is 1. The van der Waals surface area contributed by atoms with Crippen LogP contribution in [0.4, 0.5) is 5.69 Å². The van der Waals surface area contributed by atoms with E-state index >= 15 is 0 Å². The third kappa shape index (κ3) is 5.24. The second kappa shape index (κ2) is 10.1. The quantitative estimate of drug-likeness (QED) is 0.279. The van der Waals surface area contributed by atoms with E-state index in [1.54, 1.807) is 42.5 Å². The van der Waals surface area contributed by atoms with E-state index in [1.165, 1.54) is 7.11 Å². The molecule has 0 bridgehead atoms. The van der Waals surface area contributed by atoms with E-state index in [2.05, 4.69) is 18.5 Å². The summed E-state index contributed by atoms with van der Waals surface area (Å²) in [4.78, 5) is 12.6. The summed E-state index contributed by atoms with van der Waals surface area (Å²) in [5.41, 5.74) is 8.64. The summed E-state index contributed by atoms with van der Waals surface area (Å²) in [6.45, 7) is 7.48. The lowest BCUT2D eigenvalue weighted by Crippen LogP contribution is -2.24. The maximum Gasteiger partial charge on any atom is 0.333 e. The molecule has 0 aromatic heterocycles. The molecular formula is C22H25N3O4. The number of esters is 1. The Morgan fingerprint density at radius 1 is 1.28 bits per heavy atom. The van der Waals surface area contributed by atoms with Crippen LogP contribution in [0.5, 0.6) is 5.75 Å². The highest BCUT2D eigenvalue weighted by Crippen LogP contribution is 2.35. The predicted octanol–water partition coefficient (Wildman–Crippen LogP) is 2.95. The molecule has 0 aliphatic rings. The lowest BCUT2D eigenvalue weighted by atomic mass is 9.97. The molecule has 0 saturated heterocycles. The van der Waals surface area contributed by atoms with Crippen molar-refractivity contribution in [1.29, 1.82) is 5.41 Å². The predicted molar refractivity (Wildman–Crippen MR) is 115 cm³/mol. The van der Waals surface area contributed by atoms with Crippen molar-refractivity contribution in [3.8, 4) is 5.75 Å². The molecule has 1 atom stereocenters. The number of anilines is 1. The van der Waals surface area contributed by atoms with Crippen molar-refractivity contribution in [2.75, 3.05) is 25.6 Å². The van der Waals surface area contributed by atoms with Crippen molar-refractivity contribution in [2.24, 2.45) is 5.73 Å². The van der Waals surface area contributed by atoms with Gasteiger partial charge in [0.1, 0.15) is 18.2 Å². The minimum atomic E-state index is -0.893. The van der Waals surface area contributed by atoms with E-state index in [4.69, 9.17) is 20.6 Å². The largest absolute Gasteiger partial charge is 0.490 e. The van der Waals surface area contributed by atoms with Gasteiger partial charge < -0.3 is 25.6 Å². The normalized spacial score (nSPS) is 11.2. The Morgan fingerprint density at radius 2 is 1.97 bits per heavy atom. The molecule has 0 heterocycles. The second-order valence-corrected chi connectivity index (χ2v) is 6.10. The molecule has 7 nitrogen and oxygen atoms in total. The fraction of sp³-hybridized carbons (Fsp3) is 0.182. The molecule has 5 N–H and O–H groups in total. The molecule has 2 aromatic carbocycles. The lowest BCUT2D eigenvalue weighted by Gasteiger charge is -2.23. The highest BCUT2D eigenvalue weighted by atomic mass is 16.5. The van der Waals surface area contributed by atoms with E-state index < -0.39 is 12.0 Å². The van der Waals surface area contributed by atoms with Crippen LogP contribution in [0.25, 0.3) is 12.2 Å². The van der Waals surface area contributed by atoms with Gasteiger partial charge in [-0.15, -0.1) is 0 Å². The first-order valence-corrected chi connectivity index (χ1v) is 8.90. The summed E-state index contributed by atoms with van der Waals surface area (Å²) in [5, 5.41) is 19.8. The summed E-state index contributed by atoms with van der Waals surface area (Å²) in [7, 11) is 1.30. The number of rotatable bonds is 10. The fourth-order valence-corrected chi connectivity index (χ4v) is 2.79. The van der Waals surface area contributed by atoms with Crippen LogP contribution in [0.1, 0.15) is 28.3 Å². The van der Waals surface area contributed by atoms with Crippen LogP contribution in [-0.2, 0) is 9.53 Å². The van der Waals surface area contributed by atoms with Crippen LogP contribution in [-0.4, -0.2) is 37.2 Å². The molecular weight excluding hydrogens is 370 g/mol. The van der Waals surface area contributed by atoms with E-state index in [1.807, 2.05) is 6.07 Å². The van der Waals surface area contributed by atoms with Crippen molar-refractivity contribution in [1.82, 2.24) is 0 Å². The fourth-order valence-electron chi connectivity index (χ4n) is 2.79. The van der Waals surface area contributed by atoms with Gasteiger partial charge in [-0.3, -0.25) is 5.41 Å². The number of nitrogen functional groups attached to an aromatic ring is 1. The molecule has 0 radical (unpaired) electrons. The van der Waals surface area contributed by atoms with Gasteiger partial charge in [0.25, 0.3) is 0 Å². The maximum atomic E-state index is 12.6. The smallest absolute Gasteiger partial charge is 0.333 e. The summed E-state index contributed by atoms with van der Waals surface area (Å²) in [5.74, 6) is -0.149. The molecule has 0 spiro atoms. The number of methoxy groups -OCH3 is 1. The van der Waals surface area contributed by atoms with Gasteiger partial charge in [0.15, 0.2) is 6.04 Å². The topological polar surface area (TPSA) is 118 Å². The molecule has 152 valence electrons. The number of aliphatic hydroxyl groups is 1. The molecule has 1 unspecified atom stereocenters. The van der Waals surface area contributed by atoms with E-state index in [0.29, 0.717) is 28.1 Å². The summed E-state index contributed by atoms with van der Waals surface area (Å²) < 4.78 is 10.7. The third-order valence-corrected chi connectivity index (χ3v) is 4.22. The molecule has 2 aromatic rings. The zero-order valence-electron chi connectivity index (χ0n) is 16.3. The van der Waals surface area contributed by atoms with E-state index in [-0.39, 0.29) is 19.0 Å². The second-order valence-electron chi connectivity index (χ2n) is 6.10. The Hall–Kier alpha value is -3.58. The van der Waals surface area contributed by atoms with Crippen LogP contribution < -0.4 is 15.8 Å².